The second kappa shape index (κ2) is 9.06. The lowest BCUT2D eigenvalue weighted by atomic mass is 9.84. The summed E-state index contributed by atoms with van der Waals surface area (Å²) < 4.78 is 15.8. The summed E-state index contributed by atoms with van der Waals surface area (Å²) in [5.74, 6) is -0.337. The van der Waals surface area contributed by atoms with E-state index in [0.29, 0.717) is 22.9 Å². The van der Waals surface area contributed by atoms with E-state index in [4.69, 9.17) is 0 Å². The maximum absolute atomic E-state index is 13.9. The summed E-state index contributed by atoms with van der Waals surface area (Å²) in [4.78, 5) is 25.2. The van der Waals surface area contributed by atoms with E-state index in [-0.39, 0.29) is 23.3 Å². The van der Waals surface area contributed by atoms with Crippen LogP contribution >= 0.6 is 0 Å². The van der Waals surface area contributed by atoms with Crippen LogP contribution in [0, 0.1) is 12.7 Å². The number of pyridine rings is 2. The highest BCUT2D eigenvalue weighted by Crippen LogP contribution is 2.38. The van der Waals surface area contributed by atoms with Crippen molar-refractivity contribution >= 4 is 11.6 Å². The molecule has 0 spiro atoms. The zero-order valence-corrected chi connectivity index (χ0v) is 21.5. The molecule has 1 amide bonds. The van der Waals surface area contributed by atoms with E-state index in [1.807, 2.05) is 40.9 Å². The van der Waals surface area contributed by atoms with Crippen molar-refractivity contribution in [2.45, 2.75) is 64.1 Å². The fourth-order valence-electron chi connectivity index (χ4n) is 6.35. The summed E-state index contributed by atoms with van der Waals surface area (Å²) in [6.45, 7) is 7.49. The molecule has 1 aromatic carbocycles. The zero-order chi connectivity index (χ0) is 25.7. The number of fused-ring (bicyclic) bond motifs is 2. The van der Waals surface area contributed by atoms with Crippen LogP contribution in [0.3, 0.4) is 0 Å². The van der Waals surface area contributed by atoms with Crippen LogP contribution < -0.4 is 5.32 Å². The first-order valence-corrected chi connectivity index (χ1v) is 13.1. The number of imidazole rings is 1. The Hall–Kier alpha value is -3.58. The Bertz CT molecular complexity index is 1490. The molecular formula is C30H32FN5O. The molecule has 0 radical (unpaired) electrons. The lowest BCUT2D eigenvalue weighted by Gasteiger charge is -2.47. The van der Waals surface area contributed by atoms with Gasteiger partial charge in [0.1, 0.15) is 17.2 Å². The van der Waals surface area contributed by atoms with E-state index in [0.717, 1.165) is 41.8 Å². The number of piperidine rings is 1. The highest BCUT2D eigenvalue weighted by atomic mass is 19.1. The van der Waals surface area contributed by atoms with E-state index in [2.05, 4.69) is 34.0 Å². The number of amides is 1. The quantitative estimate of drug-likeness (QED) is 0.396. The molecule has 0 aliphatic carbocycles. The second-order valence-corrected chi connectivity index (χ2v) is 11.1. The van der Waals surface area contributed by atoms with Gasteiger partial charge in [-0.2, -0.15) is 0 Å². The third kappa shape index (κ3) is 4.31. The SMILES string of the molecule is Cc1cc(-c2ncccc2-c2ccc3ncc(C(=O)N[C@@H]4C[C@H]5CCCN5C(C)(C)C4)n3c2)ccc1F. The van der Waals surface area contributed by atoms with Gasteiger partial charge in [-0.15, -0.1) is 0 Å². The highest BCUT2D eigenvalue weighted by molar-refractivity contribution is 5.94. The highest BCUT2D eigenvalue weighted by Gasteiger charge is 2.43. The molecule has 2 aliphatic heterocycles. The van der Waals surface area contributed by atoms with Crippen LogP contribution in [0.4, 0.5) is 4.39 Å². The molecule has 7 heteroatoms. The first kappa shape index (κ1) is 23.8. The van der Waals surface area contributed by atoms with Crippen LogP contribution in [0.15, 0.2) is 61.1 Å². The molecule has 0 bridgehead atoms. The first-order valence-electron chi connectivity index (χ1n) is 13.1. The normalized spacial score (nSPS) is 21.2. The summed E-state index contributed by atoms with van der Waals surface area (Å²) in [5, 5.41) is 3.32. The van der Waals surface area contributed by atoms with Gasteiger partial charge in [-0.05, 0) is 95.0 Å². The fourth-order valence-corrected chi connectivity index (χ4v) is 6.35. The van der Waals surface area contributed by atoms with Gasteiger partial charge in [0, 0.05) is 46.7 Å². The Kier molecular flexibility index (Phi) is 5.83. The minimum Gasteiger partial charge on any atom is -0.348 e. The third-order valence-corrected chi connectivity index (χ3v) is 8.08. The molecule has 1 N–H and O–H groups in total. The van der Waals surface area contributed by atoms with E-state index in [1.165, 1.54) is 18.9 Å². The van der Waals surface area contributed by atoms with Crippen LogP contribution in [0.25, 0.3) is 28.0 Å². The lowest BCUT2D eigenvalue weighted by molar-refractivity contribution is 0.0366. The first-order chi connectivity index (χ1) is 17.8. The van der Waals surface area contributed by atoms with Gasteiger partial charge in [0.25, 0.3) is 5.91 Å². The number of rotatable bonds is 4. The maximum Gasteiger partial charge on any atom is 0.270 e. The van der Waals surface area contributed by atoms with Crippen LogP contribution in [-0.4, -0.2) is 49.3 Å². The van der Waals surface area contributed by atoms with Crippen molar-refractivity contribution < 1.29 is 9.18 Å². The number of carbonyl (C=O) groups excluding carboxylic acids is 1. The largest absolute Gasteiger partial charge is 0.348 e. The topological polar surface area (TPSA) is 62.5 Å². The number of nitrogens with zero attached hydrogens (tertiary/aromatic N) is 4. The van der Waals surface area contributed by atoms with Gasteiger partial charge < -0.3 is 5.32 Å². The fraction of sp³-hybridized carbons (Fsp3) is 0.367. The predicted molar refractivity (Wildman–Crippen MR) is 143 cm³/mol. The Labute approximate surface area is 216 Å². The van der Waals surface area contributed by atoms with Crippen molar-refractivity contribution in [3.05, 3.63) is 78.1 Å². The monoisotopic (exact) mass is 497 g/mol. The number of nitrogens with one attached hydrogen (secondary N) is 1. The summed E-state index contributed by atoms with van der Waals surface area (Å²) in [6, 6.07) is 13.5. The zero-order valence-electron chi connectivity index (χ0n) is 21.5. The molecule has 3 aromatic heterocycles. The summed E-state index contributed by atoms with van der Waals surface area (Å²) >= 11 is 0. The van der Waals surface area contributed by atoms with E-state index in [1.54, 1.807) is 25.4 Å². The molecule has 2 saturated heterocycles. The van der Waals surface area contributed by atoms with Crippen LogP contribution in [0.1, 0.15) is 55.6 Å². The Morgan fingerprint density at radius 1 is 1.14 bits per heavy atom. The molecule has 190 valence electrons. The van der Waals surface area contributed by atoms with Crippen molar-refractivity contribution in [1.82, 2.24) is 24.6 Å². The molecule has 0 saturated carbocycles. The van der Waals surface area contributed by atoms with Crippen molar-refractivity contribution in [2.24, 2.45) is 0 Å². The number of hydrogen-bond donors (Lipinski definition) is 1. The van der Waals surface area contributed by atoms with Gasteiger partial charge in [0.15, 0.2) is 0 Å². The molecule has 2 aliphatic rings. The molecule has 6 nitrogen and oxygen atoms in total. The van der Waals surface area contributed by atoms with Gasteiger partial charge in [-0.25, -0.2) is 9.37 Å². The van der Waals surface area contributed by atoms with Gasteiger partial charge in [0.05, 0.1) is 11.9 Å². The smallest absolute Gasteiger partial charge is 0.270 e. The van der Waals surface area contributed by atoms with Crippen LogP contribution in [-0.2, 0) is 0 Å². The molecule has 37 heavy (non-hydrogen) atoms. The Balaban J connectivity index is 1.31. The number of benzene rings is 1. The standard InChI is InChI=1S/C30H32FN5O/c1-19-14-20(8-10-25(19)31)28-24(7-4-12-32-28)21-9-11-27-33-17-26(35(27)18-21)29(37)34-22-15-23-6-5-13-36(23)30(2,3)16-22/h4,7-12,14,17-18,22-23H,5-6,13,15-16H2,1-3H3,(H,34,37)/t22-,23-/m1/s1. The average molecular weight is 498 g/mol. The van der Waals surface area contributed by atoms with Crippen molar-refractivity contribution in [3.63, 3.8) is 0 Å². The van der Waals surface area contributed by atoms with E-state index in [9.17, 15) is 9.18 Å². The van der Waals surface area contributed by atoms with Gasteiger partial charge in [-0.3, -0.25) is 19.1 Å². The average Bonchev–Trinajstić information content (AvgIpc) is 3.53. The Morgan fingerprint density at radius 2 is 1.97 bits per heavy atom. The molecular weight excluding hydrogens is 465 g/mol. The molecule has 6 rings (SSSR count). The predicted octanol–water partition coefficient (Wildman–Crippen LogP) is 5.65. The Morgan fingerprint density at radius 3 is 2.81 bits per heavy atom. The minimum atomic E-state index is -0.237. The number of carbonyl (C=O) groups is 1. The van der Waals surface area contributed by atoms with Crippen molar-refractivity contribution in [1.29, 1.82) is 0 Å². The molecule has 0 unspecified atom stereocenters. The summed E-state index contributed by atoms with van der Waals surface area (Å²) in [6.07, 6.45) is 9.70. The summed E-state index contributed by atoms with van der Waals surface area (Å²) in [5.41, 5.74) is 5.31. The van der Waals surface area contributed by atoms with Gasteiger partial charge >= 0.3 is 0 Å². The molecule has 2 fully saturated rings. The van der Waals surface area contributed by atoms with Gasteiger partial charge in [0.2, 0.25) is 0 Å². The lowest BCUT2D eigenvalue weighted by Crippen LogP contribution is -2.57. The maximum atomic E-state index is 13.9. The second-order valence-electron chi connectivity index (χ2n) is 11.1. The van der Waals surface area contributed by atoms with Crippen LogP contribution in [0.2, 0.25) is 0 Å². The minimum absolute atomic E-state index is 0.0828. The van der Waals surface area contributed by atoms with Crippen molar-refractivity contribution in [3.8, 4) is 22.4 Å². The number of aryl methyl sites for hydroxylation is 1. The summed E-state index contributed by atoms with van der Waals surface area (Å²) in [7, 11) is 0. The van der Waals surface area contributed by atoms with E-state index >= 15 is 0 Å². The molecule has 2 atom stereocenters. The molecule has 4 aromatic rings. The van der Waals surface area contributed by atoms with Gasteiger partial charge in [-0.1, -0.05) is 6.07 Å². The third-order valence-electron chi connectivity index (χ3n) is 8.08. The van der Waals surface area contributed by atoms with Crippen molar-refractivity contribution in [2.75, 3.05) is 6.54 Å². The number of halogens is 1. The number of aromatic nitrogens is 3. The van der Waals surface area contributed by atoms with Crippen LogP contribution in [0.5, 0.6) is 0 Å². The van der Waals surface area contributed by atoms with E-state index < -0.39 is 0 Å². The molecule has 5 heterocycles. The number of hydrogen-bond acceptors (Lipinski definition) is 4.